The second-order valence-electron chi connectivity index (χ2n) is 6.83. The van der Waals surface area contributed by atoms with Crippen molar-refractivity contribution in [3.05, 3.63) is 12.7 Å². The topological polar surface area (TPSA) is 46.5 Å². The summed E-state index contributed by atoms with van der Waals surface area (Å²) in [7, 11) is 0. The first-order valence-electron chi connectivity index (χ1n) is 7.00. The smallest absolute Gasteiger partial charge is 0.312 e. The lowest BCUT2D eigenvalue weighted by molar-refractivity contribution is -0.161. The molecular weight excluding hydrogens is 240 g/mol. The number of carbonyl (C=O) groups is 1. The lowest BCUT2D eigenvalue weighted by Gasteiger charge is -2.36. The maximum atomic E-state index is 12.1. The molecule has 0 aliphatic heterocycles. The van der Waals surface area contributed by atoms with Gasteiger partial charge in [0.1, 0.15) is 0 Å². The monoisotopic (exact) mass is 270 g/mol. The molecule has 3 nitrogen and oxygen atoms in total. The van der Waals surface area contributed by atoms with Crippen molar-refractivity contribution in [3.63, 3.8) is 0 Å². The molecule has 3 heteroatoms. The molecule has 0 aromatic heterocycles. The number of ether oxygens (including phenoxy) is 1. The van der Waals surface area contributed by atoms with Gasteiger partial charge in [-0.15, -0.1) is 6.58 Å². The van der Waals surface area contributed by atoms with E-state index < -0.39 is 11.0 Å². The van der Waals surface area contributed by atoms with Gasteiger partial charge in [0.15, 0.2) is 0 Å². The summed E-state index contributed by atoms with van der Waals surface area (Å²) in [5.74, 6) is -0.211. The van der Waals surface area contributed by atoms with E-state index >= 15 is 0 Å². The highest BCUT2D eigenvalue weighted by Crippen LogP contribution is 2.39. The molecule has 0 bridgehead atoms. The Bertz CT molecular complexity index is 312. The number of esters is 1. The standard InChI is InChI=1S/C16H30O3/c1-8-10-16(18,9-2)11-12-19-13(17)15(6,7)14(3,4)5/h8,18H,1,9-12H2,2-7H3. The van der Waals surface area contributed by atoms with Gasteiger partial charge in [-0.05, 0) is 32.1 Å². The molecule has 0 rings (SSSR count). The normalized spacial score (nSPS) is 15.7. The van der Waals surface area contributed by atoms with Crippen molar-refractivity contribution in [2.24, 2.45) is 10.8 Å². The number of carbonyl (C=O) groups excluding carboxylic acids is 1. The molecule has 0 radical (unpaired) electrons. The third-order valence-corrected chi connectivity index (χ3v) is 4.37. The van der Waals surface area contributed by atoms with Crippen LogP contribution < -0.4 is 0 Å². The van der Waals surface area contributed by atoms with E-state index in [1.165, 1.54) is 0 Å². The number of rotatable bonds is 7. The summed E-state index contributed by atoms with van der Waals surface area (Å²) >= 11 is 0. The maximum Gasteiger partial charge on any atom is 0.312 e. The molecule has 0 saturated heterocycles. The van der Waals surface area contributed by atoms with Crippen molar-refractivity contribution in [1.29, 1.82) is 0 Å². The molecular formula is C16H30O3. The van der Waals surface area contributed by atoms with E-state index in [0.717, 1.165) is 0 Å². The Morgan fingerprint density at radius 3 is 2.16 bits per heavy atom. The first-order valence-corrected chi connectivity index (χ1v) is 7.00. The van der Waals surface area contributed by atoms with Crippen LogP contribution in [0.15, 0.2) is 12.7 Å². The molecule has 0 aromatic rings. The van der Waals surface area contributed by atoms with Crippen molar-refractivity contribution in [2.45, 2.75) is 66.4 Å². The van der Waals surface area contributed by atoms with E-state index in [9.17, 15) is 9.90 Å². The SMILES string of the molecule is C=CCC(O)(CC)CCOC(=O)C(C)(C)C(C)(C)C. The quantitative estimate of drug-likeness (QED) is 0.566. The van der Waals surface area contributed by atoms with Crippen LogP contribution in [0.4, 0.5) is 0 Å². The summed E-state index contributed by atoms with van der Waals surface area (Å²) < 4.78 is 5.34. The zero-order valence-electron chi connectivity index (χ0n) is 13.4. The molecule has 0 aliphatic carbocycles. The van der Waals surface area contributed by atoms with Crippen molar-refractivity contribution in [2.75, 3.05) is 6.61 Å². The average molecular weight is 270 g/mol. The van der Waals surface area contributed by atoms with Crippen molar-refractivity contribution >= 4 is 5.97 Å². The summed E-state index contributed by atoms with van der Waals surface area (Å²) in [6.07, 6.45) is 3.29. The van der Waals surface area contributed by atoms with Gasteiger partial charge < -0.3 is 9.84 Å². The van der Waals surface area contributed by atoms with E-state index in [2.05, 4.69) is 6.58 Å². The van der Waals surface area contributed by atoms with Crippen LogP contribution >= 0.6 is 0 Å². The minimum atomic E-state index is -0.812. The highest BCUT2D eigenvalue weighted by molar-refractivity contribution is 5.76. The Labute approximate surface area is 118 Å². The predicted octanol–water partition coefficient (Wildman–Crippen LogP) is 3.71. The van der Waals surface area contributed by atoms with E-state index in [0.29, 0.717) is 19.3 Å². The zero-order valence-corrected chi connectivity index (χ0v) is 13.4. The van der Waals surface area contributed by atoms with Gasteiger partial charge in [0.25, 0.3) is 0 Å². The van der Waals surface area contributed by atoms with E-state index in [4.69, 9.17) is 4.74 Å². The molecule has 112 valence electrons. The lowest BCUT2D eigenvalue weighted by atomic mass is 9.69. The first-order chi connectivity index (χ1) is 8.50. The Balaban J connectivity index is 4.43. The molecule has 19 heavy (non-hydrogen) atoms. The van der Waals surface area contributed by atoms with Gasteiger partial charge in [0.2, 0.25) is 0 Å². The van der Waals surface area contributed by atoms with Crippen LogP contribution in [0.5, 0.6) is 0 Å². The molecule has 1 N–H and O–H groups in total. The Hall–Kier alpha value is -0.830. The summed E-state index contributed by atoms with van der Waals surface area (Å²) in [5, 5.41) is 10.2. The molecule has 0 aromatic carbocycles. The van der Waals surface area contributed by atoms with Crippen LogP contribution in [0, 0.1) is 10.8 Å². The third kappa shape index (κ3) is 4.98. The number of hydrogen-bond acceptors (Lipinski definition) is 3. The minimum Gasteiger partial charge on any atom is -0.465 e. The van der Waals surface area contributed by atoms with Gasteiger partial charge >= 0.3 is 5.97 Å². The predicted molar refractivity (Wildman–Crippen MR) is 78.9 cm³/mol. The molecule has 0 fully saturated rings. The van der Waals surface area contributed by atoms with Gasteiger partial charge in [0.05, 0.1) is 17.6 Å². The Morgan fingerprint density at radius 1 is 1.26 bits per heavy atom. The molecule has 0 aliphatic rings. The summed E-state index contributed by atoms with van der Waals surface area (Å²) in [5.41, 5.74) is -1.52. The van der Waals surface area contributed by atoms with Crippen LogP contribution in [0.2, 0.25) is 0 Å². The fourth-order valence-corrected chi connectivity index (χ4v) is 1.51. The average Bonchev–Trinajstić information content (AvgIpc) is 2.27. The van der Waals surface area contributed by atoms with Crippen LogP contribution in [-0.4, -0.2) is 23.3 Å². The molecule has 0 saturated carbocycles. The van der Waals surface area contributed by atoms with Crippen LogP contribution in [0.1, 0.15) is 60.8 Å². The highest BCUT2D eigenvalue weighted by Gasteiger charge is 2.41. The number of hydrogen-bond donors (Lipinski definition) is 1. The third-order valence-electron chi connectivity index (χ3n) is 4.37. The lowest BCUT2D eigenvalue weighted by Crippen LogP contribution is -2.39. The summed E-state index contributed by atoms with van der Waals surface area (Å²) in [4.78, 5) is 12.1. The molecule has 0 spiro atoms. The molecule has 1 unspecified atom stereocenters. The van der Waals surface area contributed by atoms with Gasteiger partial charge in [0, 0.05) is 6.42 Å². The van der Waals surface area contributed by atoms with Gasteiger partial charge in [-0.3, -0.25) is 4.79 Å². The van der Waals surface area contributed by atoms with E-state index in [-0.39, 0.29) is 18.0 Å². The van der Waals surface area contributed by atoms with Gasteiger partial charge in [-0.1, -0.05) is 33.8 Å². The summed E-state index contributed by atoms with van der Waals surface area (Å²) in [6.45, 7) is 15.7. The fourth-order valence-electron chi connectivity index (χ4n) is 1.51. The van der Waals surface area contributed by atoms with Crippen molar-refractivity contribution < 1.29 is 14.6 Å². The van der Waals surface area contributed by atoms with Gasteiger partial charge in [-0.25, -0.2) is 0 Å². The van der Waals surface area contributed by atoms with E-state index in [1.54, 1.807) is 6.08 Å². The minimum absolute atomic E-state index is 0.160. The van der Waals surface area contributed by atoms with Crippen molar-refractivity contribution in [3.8, 4) is 0 Å². The van der Waals surface area contributed by atoms with Crippen LogP contribution in [0.25, 0.3) is 0 Å². The molecule has 0 amide bonds. The Kier molecular flexibility index (Phi) is 6.27. The first kappa shape index (κ1) is 18.2. The second-order valence-corrected chi connectivity index (χ2v) is 6.83. The second kappa shape index (κ2) is 6.56. The largest absolute Gasteiger partial charge is 0.465 e. The maximum absolute atomic E-state index is 12.1. The van der Waals surface area contributed by atoms with Crippen LogP contribution in [0.3, 0.4) is 0 Å². The van der Waals surface area contributed by atoms with Crippen LogP contribution in [-0.2, 0) is 9.53 Å². The molecule has 1 atom stereocenters. The molecule has 0 heterocycles. The van der Waals surface area contributed by atoms with E-state index in [1.807, 2.05) is 41.5 Å². The Morgan fingerprint density at radius 2 is 1.79 bits per heavy atom. The number of aliphatic hydroxyl groups is 1. The summed E-state index contributed by atoms with van der Waals surface area (Å²) in [6, 6.07) is 0. The zero-order chi connectivity index (χ0) is 15.3. The highest BCUT2D eigenvalue weighted by atomic mass is 16.5. The van der Waals surface area contributed by atoms with Gasteiger partial charge in [-0.2, -0.15) is 0 Å². The van der Waals surface area contributed by atoms with Crippen molar-refractivity contribution in [1.82, 2.24) is 0 Å². The fraction of sp³-hybridized carbons (Fsp3) is 0.812.